The number of nitrogens with zero attached hydrogens (tertiary/aromatic N) is 1. The highest BCUT2D eigenvalue weighted by atomic mass is 32.2. The van der Waals surface area contributed by atoms with Gasteiger partial charge in [0.1, 0.15) is 4.88 Å². The molecule has 1 heterocycles. The molecule has 0 spiro atoms. The lowest BCUT2D eigenvalue weighted by atomic mass is 10.1. The fourth-order valence-corrected chi connectivity index (χ4v) is 4.27. The van der Waals surface area contributed by atoms with E-state index in [9.17, 15) is 13.2 Å². The van der Waals surface area contributed by atoms with Crippen LogP contribution in [0, 0.1) is 5.92 Å². The molecular weight excluding hydrogens is 286 g/mol. The first-order valence-electron chi connectivity index (χ1n) is 5.96. The lowest BCUT2D eigenvalue weighted by Crippen LogP contribution is -2.35. The molecule has 1 unspecified atom stereocenters. The van der Waals surface area contributed by atoms with E-state index in [1.807, 2.05) is 20.8 Å². The number of thiophene rings is 1. The van der Waals surface area contributed by atoms with Crippen LogP contribution in [-0.2, 0) is 10.0 Å². The Kier molecular flexibility index (Phi) is 5.11. The summed E-state index contributed by atoms with van der Waals surface area (Å²) < 4.78 is 26.0. The van der Waals surface area contributed by atoms with Gasteiger partial charge in [-0.05, 0) is 25.3 Å². The Hall–Kier alpha value is -0.920. The van der Waals surface area contributed by atoms with E-state index in [4.69, 9.17) is 5.11 Å². The van der Waals surface area contributed by atoms with Gasteiger partial charge >= 0.3 is 5.97 Å². The molecule has 0 radical (unpaired) electrons. The number of sulfonamides is 1. The smallest absolute Gasteiger partial charge is 0.345 e. The van der Waals surface area contributed by atoms with Gasteiger partial charge in [0.2, 0.25) is 10.0 Å². The molecule has 0 fully saturated rings. The van der Waals surface area contributed by atoms with E-state index in [0.717, 1.165) is 17.8 Å². The van der Waals surface area contributed by atoms with E-state index < -0.39 is 16.0 Å². The molecular formula is C12H19NO4S2. The van der Waals surface area contributed by atoms with Crippen LogP contribution in [0.2, 0.25) is 0 Å². The van der Waals surface area contributed by atoms with Gasteiger partial charge in [-0.15, -0.1) is 11.3 Å². The molecule has 0 bridgehead atoms. The molecule has 0 aliphatic carbocycles. The zero-order valence-corrected chi connectivity index (χ0v) is 13.1. The van der Waals surface area contributed by atoms with Crippen molar-refractivity contribution in [2.24, 2.45) is 5.92 Å². The fourth-order valence-electron chi connectivity index (χ4n) is 1.80. The topological polar surface area (TPSA) is 74.7 Å². The van der Waals surface area contributed by atoms with E-state index in [0.29, 0.717) is 5.92 Å². The number of hydrogen-bond acceptors (Lipinski definition) is 4. The van der Waals surface area contributed by atoms with E-state index >= 15 is 0 Å². The van der Waals surface area contributed by atoms with Crippen molar-refractivity contribution >= 4 is 27.3 Å². The zero-order valence-electron chi connectivity index (χ0n) is 11.5. The molecule has 0 aliphatic heterocycles. The number of carboxylic acid groups (broad SMARTS) is 1. The highest BCUT2D eigenvalue weighted by molar-refractivity contribution is 7.89. The highest BCUT2D eigenvalue weighted by Crippen LogP contribution is 2.24. The summed E-state index contributed by atoms with van der Waals surface area (Å²) in [6.07, 6.45) is 0.756. The summed E-state index contributed by atoms with van der Waals surface area (Å²) in [5, 5.41) is 10.2. The molecule has 1 atom stereocenters. The molecule has 1 N–H and O–H groups in total. The highest BCUT2D eigenvalue weighted by Gasteiger charge is 2.27. The van der Waals surface area contributed by atoms with Gasteiger partial charge in [0.05, 0.1) is 4.90 Å². The van der Waals surface area contributed by atoms with Crippen molar-refractivity contribution in [3.05, 3.63) is 16.3 Å². The summed E-state index contributed by atoms with van der Waals surface area (Å²) in [4.78, 5) is 10.9. The van der Waals surface area contributed by atoms with Crippen LogP contribution in [0.5, 0.6) is 0 Å². The number of hydrogen-bond donors (Lipinski definition) is 1. The Morgan fingerprint density at radius 3 is 2.42 bits per heavy atom. The van der Waals surface area contributed by atoms with E-state index in [2.05, 4.69) is 0 Å². The second-order valence-corrected chi connectivity index (χ2v) is 7.86. The summed E-state index contributed by atoms with van der Waals surface area (Å²) in [5.74, 6) is -0.714. The molecule has 19 heavy (non-hydrogen) atoms. The van der Waals surface area contributed by atoms with Gasteiger partial charge in [-0.3, -0.25) is 0 Å². The molecule has 1 rings (SSSR count). The maximum Gasteiger partial charge on any atom is 0.345 e. The van der Waals surface area contributed by atoms with Crippen LogP contribution in [0.15, 0.2) is 16.3 Å². The van der Waals surface area contributed by atoms with Crippen LogP contribution in [0.3, 0.4) is 0 Å². The van der Waals surface area contributed by atoms with Crippen LogP contribution in [0.1, 0.15) is 36.9 Å². The fraction of sp³-hybridized carbons (Fsp3) is 0.583. The maximum atomic E-state index is 12.3. The minimum absolute atomic E-state index is 0.0310. The SMILES string of the molecule is CC(C)CC(C)N(C)S(=O)(=O)c1csc(C(=O)O)c1. The second-order valence-electron chi connectivity index (χ2n) is 4.95. The summed E-state index contributed by atoms with van der Waals surface area (Å²) in [7, 11) is -2.09. The summed E-state index contributed by atoms with van der Waals surface area (Å²) in [6, 6.07) is 1.08. The first-order valence-corrected chi connectivity index (χ1v) is 8.28. The number of carboxylic acids is 1. The van der Waals surface area contributed by atoms with Crippen LogP contribution < -0.4 is 0 Å². The Labute approximate surface area is 117 Å². The quantitative estimate of drug-likeness (QED) is 0.876. The maximum absolute atomic E-state index is 12.3. The van der Waals surface area contributed by atoms with Crippen LogP contribution in [0.25, 0.3) is 0 Å². The molecule has 0 saturated heterocycles. The van der Waals surface area contributed by atoms with Gasteiger partial charge in [0, 0.05) is 18.5 Å². The first-order chi connectivity index (χ1) is 8.66. The lowest BCUT2D eigenvalue weighted by Gasteiger charge is -2.25. The van der Waals surface area contributed by atoms with Crippen molar-refractivity contribution in [3.8, 4) is 0 Å². The second kappa shape index (κ2) is 6.02. The van der Waals surface area contributed by atoms with E-state index in [1.54, 1.807) is 0 Å². The number of carbonyl (C=O) groups is 1. The van der Waals surface area contributed by atoms with Gasteiger partial charge in [-0.25, -0.2) is 13.2 Å². The average molecular weight is 305 g/mol. The number of rotatable bonds is 6. The Balaban J connectivity index is 2.99. The van der Waals surface area contributed by atoms with Crippen LogP contribution >= 0.6 is 11.3 Å². The molecule has 0 aromatic carbocycles. The molecule has 7 heteroatoms. The predicted molar refractivity (Wildman–Crippen MR) is 75.1 cm³/mol. The van der Waals surface area contributed by atoms with Crippen molar-refractivity contribution in [2.45, 2.75) is 38.1 Å². The zero-order chi connectivity index (χ0) is 14.8. The van der Waals surface area contributed by atoms with E-state index in [-0.39, 0.29) is 15.8 Å². The lowest BCUT2D eigenvalue weighted by molar-refractivity contribution is 0.0702. The summed E-state index contributed by atoms with van der Waals surface area (Å²) in [6.45, 7) is 5.91. The van der Waals surface area contributed by atoms with Crippen LogP contribution in [-0.4, -0.2) is 36.9 Å². The summed E-state index contributed by atoms with van der Waals surface area (Å²) in [5.41, 5.74) is 0. The van der Waals surface area contributed by atoms with E-state index in [1.165, 1.54) is 22.8 Å². The van der Waals surface area contributed by atoms with Gasteiger partial charge in [-0.2, -0.15) is 4.31 Å². The van der Waals surface area contributed by atoms with Crippen molar-refractivity contribution in [2.75, 3.05) is 7.05 Å². The Morgan fingerprint density at radius 2 is 2.00 bits per heavy atom. The minimum atomic E-state index is -3.62. The molecule has 0 saturated carbocycles. The van der Waals surface area contributed by atoms with Crippen molar-refractivity contribution in [1.82, 2.24) is 4.31 Å². The molecule has 0 amide bonds. The third-order valence-electron chi connectivity index (χ3n) is 2.90. The normalized spacial score (nSPS) is 14.0. The van der Waals surface area contributed by atoms with Gasteiger partial charge < -0.3 is 5.11 Å². The van der Waals surface area contributed by atoms with Crippen molar-refractivity contribution in [3.63, 3.8) is 0 Å². The molecule has 5 nitrogen and oxygen atoms in total. The standard InChI is InChI=1S/C12H19NO4S2/c1-8(2)5-9(3)13(4)19(16,17)10-6-11(12(14)15)18-7-10/h6-9H,5H2,1-4H3,(H,14,15). The van der Waals surface area contributed by atoms with Gasteiger partial charge in [0.25, 0.3) is 0 Å². The number of aromatic carboxylic acids is 1. The van der Waals surface area contributed by atoms with Crippen LogP contribution in [0.4, 0.5) is 0 Å². The molecule has 1 aromatic heterocycles. The molecule has 1 aromatic rings. The Bertz CT molecular complexity index is 548. The Morgan fingerprint density at radius 1 is 1.42 bits per heavy atom. The molecule has 108 valence electrons. The average Bonchev–Trinajstić information content (AvgIpc) is 2.76. The third kappa shape index (κ3) is 3.77. The molecule has 0 aliphatic rings. The predicted octanol–water partition coefficient (Wildman–Crippen LogP) is 2.50. The minimum Gasteiger partial charge on any atom is -0.477 e. The van der Waals surface area contributed by atoms with Gasteiger partial charge in [0.15, 0.2) is 0 Å². The van der Waals surface area contributed by atoms with Gasteiger partial charge in [-0.1, -0.05) is 13.8 Å². The summed E-state index contributed by atoms with van der Waals surface area (Å²) >= 11 is 0.922. The van der Waals surface area contributed by atoms with Crippen molar-refractivity contribution in [1.29, 1.82) is 0 Å². The monoisotopic (exact) mass is 305 g/mol. The third-order valence-corrected chi connectivity index (χ3v) is 5.91. The van der Waals surface area contributed by atoms with Crippen molar-refractivity contribution < 1.29 is 18.3 Å². The first kappa shape index (κ1) is 16.1. The largest absolute Gasteiger partial charge is 0.477 e.